The summed E-state index contributed by atoms with van der Waals surface area (Å²) in [4.78, 5) is 33.0. The van der Waals surface area contributed by atoms with Gasteiger partial charge in [-0.25, -0.2) is 9.37 Å². The minimum Gasteiger partial charge on any atom is -0.350 e. The summed E-state index contributed by atoms with van der Waals surface area (Å²) in [6, 6.07) is 11.4. The van der Waals surface area contributed by atoms with Crippen molar-refractivity contribution in [3.05, 3.63) is 64.3 Å². The molecule has 1 aliphatic carbocycles. The lowest BCUT2D eigenvalue weighted by Crippen LogP contribution is -2.28. The first-order chi connectivity index (χ1) is 14.0. The van der Waals surface area contributed by atoms with Crippen molar-refractivity contribution in [2.75, 3.05) is 6.54 Å². The number of nitrogens with zero attached hydrogens (tertiary/aromatic N) is 2. The number of amides is 1. The predicted molar refractivity (Wildman–Crippen MR) is 109 cm³/mol. The zero-order valence-corrected chi connectivity index (χ0v) is 15.8. The van der Waals surface area contributed by atoms with Crippen molar-refractivity contribution in [3.8, 4) is 11.4 Å². The maximum Gasteiger partial charge on any atom is 0.268 e. The van der Waals surface area contributed by atoms with E-state index in [1.165, 1.54) is 12.1 Å². The van der Waals surface area contributed by atoms with Gasteiger partial charge < -0.3 is 14.9 Å². The van der Waals surface area contributed by atoms with E-state index in [1.807, 2.05) is 0 Å². The second kappa shape index (κ2) is 6.55. The van der Waals surface area contributed by atoms with Gasteiger partial charge in [0.2, 0.25) is 0 Å². The number of hydrogen-bond acceptors (Lipinski definition) is 3. The van der Waals surface area contributed by atoms with Crippen LogP contribution in [0.2, 0.25) is 0 Å². The maximum atomic E-state index is 14.1. The van der Waals surface area contributed by atoms with E-state index in [4.69, 9.17) is 0 Å². The fourth-order valence-electron chi connectivity index (χ4n) is 3.77. The number of benzene rings is 2. The molecule has 2 heterocycles. The van der Waals surface area contributed by atoms with Gasteiger partial charge in [0.25, 0.3) is 11.5 Å². The third kappa shape index (κ3) is 2.99. The van der Waals surface area contributed by atoms with Gasteiger partial charge in [0.15, 0.2) is 0 Å². The van der Waals surface area contributed by atoms with Gasteiger partial charge >= 0.3 is 0 Å². The molecule has 1 amide bonds. The SMILES string of the molecule is Cn1c(C(=O)NCC2CC2)c(-c2nc3ccccc3c(=O)[nH]2)c2cc(F)ccc21. The Hall–Kier alpha value is -3.48. The molecule has 0 unspecified atom stereocenters. The quantitative estimate of drug-likeness (QED) is 0.561. The Morgan fingerprint density at radius 3 is 2.83 bits per heavy atom. The van der Waals surface area contributed by atoms with Gasteiger partial charge in [0, 0.05) is 24.5 Å². The molecule has 5 rings (SSSR count). The average molecular weight is 390 g/mol. The van der Waals surface area contributed by atoms with Crippen LogP contribution in [0.15, 0.2) is 47.3 Å². The molecule has 0 bridgehead atoms. The fraction of sp³-hybridized carbons (Fsp3) is 0.227. The number of rotatable bonds is 4. The first-order valence-corrected chi connectivity index (χ1v) is 9.58. The van der Waals surface area contributed by atoms with Crippen molar-refractivity contribution in [1.82, 2.24) is 19.9 Å². The Morgan fingerprint density at radius 1 is 1.24 bits per heavy atom. The lowest BCUT2D eigenvalue weighted by atomic mass is 10.1. The summed E-state index contributed by atoms with van der Waals surface area (Å²) in [5.41, 5.74) is 1.68. The number of carbonyl (C=O) groups excluding carboxylic acids is 1. The zero-order valence-electron chi connectivity index (χ0n) is 15.8. The number of fused-ring (bicyclic) bond motifs is 2. The Morgan fingerprint density at radius 2 is 2.03 bits per heavy atom. The van der Waals surface area contributed by atoms with Crippen molar-refractivity contribution in [3.63, 3.8) is 0 Å². The number of aromatic nitrogens is 3. The zero-order chi connectivity index (χ0) is 20.1. The molecule has 29 heavy (non-hydrogen) atoms. The van der Waals surface area contributed by atoms with E-state index in [1.54, 1.807) is 41.9 Å². The molecule has 146 valence electrons. The van der Waals surface area contributed by atoms with Gasteiger partial charge in [0.05, 0.1) is 16.5 Å². The van der Waals surface area contributed by atoms with Crippen LogP contribution < -0.4 is 10.9 Å². The average Bonchev–Trinajstić information content (AvgIpc) is 3.49. The van der Waals surface area contributed by atoms with E-state index in [-0.39, 0.29) is 17.3 Å². The van der Waals surface area contributed by atoms with Gasteiger partial charge in [-0.1, -0.05) is 12.1 Å². The van der Waals surface area contributed by atoms with E-state index in [2.05, 4.69) is 15.3 Å². The van der Waals surface area contributed by atoms with Crippen molar-refractivity contribution in [1.29, 1.82) is 0 Å². The van der Waals surface area contributed by atoms with Crippen LogP contribution >= 0.6 is 0 Å². The van der Waals surface area contributed by atoms with E-state index < -0.39 is 5.82 Å². The van der Waals surface area contributed by atoms with E-state index >= 15 is 0 Å². The van der Waals surface area contributed by atoms with Gasteiger partial charge in [-0.2, -0.15) is 0 Å². The highest BCUT2D eigenvalue weighted by Gasteiger charge is 2.27. The molecule has 7 heteroatoms. The fourth-order valence-corrected chi connectivity index (χ4v) is 3.77. The number of aryl methyl sites for hydroxylation is 1. The molecular weight excluding hydrogens is 371 g/mol. The van der Waals surface area contributed by atoms with Gasteiger partial charge in [-0.3, -0.25) is 9.59 Å². The number of carbonyl (C=O) groups is 1. The summed E-state index contributed by atoms with van der Waals surface area (Å²) in [7, 11) is 1.76. The predicted octanol–water partition coefficient (Wildman–Crippen LogP) is 3.36. The summed E-state index contributed by atoms with van der Waals surface area (Å²) < 4.78 is 15.8. The first-order valence-electron chi connectivity index (χ1n) is 9.58. The van der Waals surface area contributed by atoms with Crippen molar-refractivity contribution in [2.45, 2.75) is 12.8 Å². The lowest BCUT2D eigenvalue weighted by Gasteiger charge is -2.09. The minimum atomic E-state index is -0.419. The third-order valence-corrected chi connectivity index (χ3v) is 5.47. The molecule has 6 nitrogen and oxygen atoms in total. The Balaban J connectivity index is 1.77. The van der Waals surface area contributed by atoms with Crippen LogP contribution in [-0.2, 0) is 7.05 Å². The minimum absolute atomic E-state index is 0.251. The first kappa shape index (κ1) is 17.6. The van der Waals surface area contributed by atoms with Crippen LogP contribution in [0, 0.1) is 11.7 Å². The Bertz CT molecular complexity index is 1330. The van der Waals surface area contributed by atoms with Crippen molar-refractivity contribution in [2.24, 2.45) is 13.0 Å². The molecular formula is C22H19FN4O2. The van der Waals surface area contributed by atoms with Crippen LogP contribution in [0.1, 0.15) is 23.3 Å². The number of hydrogen-bond donors (Lipinski definition) is 2. The molecule has 2 N–H and O–H groups in total. The molecule has 1 fully saturated rings. The second-order valence-electron chi connectivity index (χ2n) is 7.53. The summed E-state index contributed by atoms with van der Waals surface area (Å²) in [5.74, 6) is 0.0915. The molecule has 1 aliphatic rings. The number of aromatic amines is 1. The molecule has 0 saturated heterocycles. The van der Waals surface area contributed by atoms with Crippen molar-refractivity contribution >= 4 is 27.7 Å². The third-order valence-electron chi connectivity index (χ3n) is 5.47. The lowest BCUT2D eigenvalue weighted by molar-refractivity contribution is 0.0944. The van der Waals surface area contributed by atoms with E-state index in [9.17, 15) is 14.0 Å². The Labute approximate surface area is 165 Å². The smallest absolute Gasteiger partial charge is 0.268 e. The standard InChI is InChI=1S/C22H19FN4O2/c1-27-17-9-8-13(23)10-15(17)18(19(27)22(29)24-11-12-6-7-12)20-25-16-5-3-2-4-14(16)21(28)26-20/h2-5,8-10,12H,6-7,11H2,1H3,(H,24,29)(H,25,26,28). The largest absolute Gasteiger partial charge is 0.350 e. The molecule has 0 radical (unpaired) electrons. The number of nitrogens with one attached hydrogen (secondary N) is 2. The van der Waals surface area contributed by atoms with Crippen LogP contribution in [0.3, 0.4) is 0 Å². The number of para-hydroxylation sites is 1. The molecule has 0 spiro atoms. The highest BCUT2D eigenvalue weighted by molar-refractivity contribution is 6.09. The molecule has 4 aromatic rings. The monoisotopic (exact) mass is 390 g/mol. The second-order valence-corrected chi connectivity index (χ2v) is 7.53. The highest BCUT2D eigenvalue weighted by atomic mass is 19.1. The van der Waals surface area contributed by atoms with Gasteiger partial charge in [0.1, 0.15) is 17.3 Å². The van der Waals surface area contributed by atoms with Crippen molar-refractivity contribution < 1.29 is 9.18 Å². The van der Waals surface area contributed by atoms with Gasteiger partial charge in [-0.15, -0.1) is 0 Å². The molecule has 2 aromatic heterocycles. The van der Waals surface area contributed by atoms with Crippen LogP contribution in [0.5, 0.6) is 0 Å². The van der Waals surface area contributed by atoms with Gasteiger partial charge in [-0.05, 0) is 49.1 Å². The number of halogens is 1. The van der Waals surface area contributed by atoms with E-state index in [0.29, 0.717) is 45.5 Å². The van der Waals surface area contributed by atoms with Crippen LogP contribution in [0.25, 0.3) is 33.2 Å². The van der Waals surface area contributed by atoms with E-state index in [0.717, 1.165) is 12.8 Å². The highest BCUT2D eigenvalue weighted by Crippen LogP contribution is 2.34. The number of H-pyrrole nitrogens is 1. The van der Waals surface area contributed by atoms with Crippen LogP contribution in [0.4, 0.5) is 4.39 Å². The molecule has 0 atom stereocenters. The van der Waals surface area contributed by atoms with Crippen LogP contribution in [-0.4, -0.2) is 27.0 Å². The molecule has 0 aliphatic heterocycles. The molecule has 1 saturated carbocycles. The summed E-state index contributed by atoms with van der Waals surface area (Å²) >= 11 is 0. The Kier molecular flexibility index (Phi) is 3.97. The normalized spacial score (nSPS) is 13.9. The summed E-state index contributed by atoms with van der Waals surface area (Å²) in [5, 5.41) is 3.96. The summed E-state index contributed by atoms with van der Waals surface area (Å²) in [6.07, 6.45) is 2.24. The topological polar surface area (TPSA) is 79.8 Å². The molecule has 2 aromatic carbocycles. The summed E-state index contributed by atoms with van der Waals surface area (Å²) in [6.45, 7) is 0.607. The maximum absolute atomic E-state index is 14.1.